The van der Waals surface area contributed by atoms with E-state index in [0.717, 1.165) is 41.7 Å². The minimum absolute atomic E-state index is 0.0300. The molecule has 1 fully saturated rings. The van der Waals surface area contributed by atoms with Gasteiger partial charge in [0.15, 0.2) is 0 Å². The lowest BCUT2D eigenvalue weighted by atomic mass is 9.76. The Morgan fingerprint density at radius 1 is 1.03 bits per heavy atom. The predicted molar refractivity (Wildman–Crippen MR) is 146 cm³/mol. The molecule has 3 aliphatic rings. The van der Waals surface area contributed by atoms with E-state index < -0.39 is 11.9 Å². The highest BCUT2D eigenvalue weighted by Gasteiger charge is 2.41. The van der Waals surface area contributed by atoms with Gasteiger partial charge < -0.3 is 15.4 Å². The predicted octanol–water partition coefficient (Wildman–Crippen LogP) is 3.99. The summed E-state index contributed by atoms with van der Waals surface area (Å²) in [6.07, 6.45) is 7.10. The van der Waals surface area contributed by atoms with Crippen molar-refractivity contribution in [2.45, 2.75) is 51.6 Å². The number of fused-ring (bicyclic) bond motifs is 1. The maximum atomic E-state index is 13.1. The third kappa shape index (κ3) is 4.59. The normalized spacial score (nSPS) is 22.9. The molecule has 1 saturated heterocycles. The number of benzene rings is 2. The molecular weight excluding hydrogens is 480 g/mol. The Morgan fingerprint density at radius 2 is 1.71 bits per heavy atom. The van der Waals surface area contributed by atoms with Crippen LogP contribution in [0.5, 0.6) is 5.75 Å². The Kier molecular flexibility index (Phi) is 7.06. The minimum Gasteiger partial charge on any atom is -0.496 e. The summed E-state index contributed by atoms with van der Waals surface area (Å²) in [5.74, 6) is 0.0548. The lowest BCUT2D eigenvalue weighted by Crippen LogP contribution is -2.47. The number of rotatable bonds is 6. The summed E-state index contributed by atoms with van der Waals surface area (Å²) in [6.45, 7) is 4.49. The number of nitrogens with two attached hydrogens (primary N) is 1. The van der Waals surface area contributed by atoms with Crippen molar-refractivity contribution in [1.82, 2.24) is 9.91 Å². The lowest BCUT2D eigenvalue weighted by molar-refractivity contribution is -0.139. The van der Waals surface area contributed by atoms with Crippen molar-refractivity contribution in [1.29, 1.82) is 0 Å². The monoisotopic (exact) mass is 514 g/mol. The Balaban J connectivity index is 1.49. The summed E-state index contributed by atoms with van der Waals surface area (Å²) in [4.78, 5) is 39.5. The summed E-state index contributed by atoms with van der Waals surface area (Å²) >= 11 is 0. The summed E-state index contributed by atoms with van der Waals surface area (Å²) in [5.41, 5.74) is 9.64. The molecule has 3 atom stereocenters. The fourth-order valence-electron chi connectivity index (χ4n) is 5.80. The molecule has 1 aliphatic carbocycles. The van der Waals surface area contributed by atoms with Gasteiger partial charge in [-0.2, -0.15) is 5.10 Å². The molecular formula is C30H34N4O4. The van der Waals surface area contributed by atoms with Crippen molar-refractivity contribution in [2.75, 3.05) is 13.7 Å². The topological polar surface area (TPSA) is 105 Å². The second-order valence-electron chi connectivity index (χ2n) is 10.5. The van der Waals surface area contributed by atoms with Gasteiger partial charge in [-0.1, -0.05) is 24.3 Å². The summed E-state index contributed by atoms with van der Waals surface area (Å²) in [6, 6.07) is 12.7. The Bertz CT molecular complexity index is 1310. The average Bonchev–Trinajstić information content (AvgIpc) is 3.43. The van der Waals surface area contributed by atoms with Gasteiger partial charge in [-0.25, -0.2) is 5.01 Å². The van der Waals surface area contributed by atoms with Gasteiger partial charge >= 0.3 is 0 Å². The van der Waals surface area contributed by atoms with Gasteiger partial charge in [-0.05, 0) is 81.0 Å². The maximum absolute atomic E-state index is 13.1. The number of hydrogen-bond donors (Lipinski definition) is 1. The lowest BCUT2D eigenvalue weighted by Gasteiger charge is -2.38. The highest BCUT2D eigenvalue weighted by molar-refractivity contribution is 6.08. The third-order valence-electron chi connectivity index (χ3n) is 7.81. The van der Waals surface area contributed by atoms with Crippen LogP contribution in [-0.4, -0.2) is 59.1 Å². The van der Waals surface area contributed by atoms with E-state index in [2.05, 4.69) is 18.2 Å². The van der Waals surface area contributed by atoms with Crippen molar-refractivity contribution in [3.05, 3.63) is 65.7 Å². The molecule has 2 aromatic rings. The van der Waals surface area contributed by atoms with Crippen LogP contribution in [0.15, 0.2) is 59.7 Å². The van der Waals surface area contributed by atoms with Crippen molar-refractivity contribution in [3.63, 3.8) is 0 Å². The largest absolute Gasteiger partial charge is 0.496 e. The third-order valence-corrected chi connectivity index (χ3v) is 7.81. The molecule has 198 valence electrons. The standard InChI is InChI=1S/C30H34N4O4/c1-18(2)34-30(37)23-8-5-4-7-22(23)27(32-34)21-14-15-26(38-3)24(17-21)19-10-12-20(13-11-19)29(36)33-16-6-9-25(33)28(31)35/h4-5,10-15,17-18,22-23,25H,6-9,16H2,1-3H3,(H2,31,35)/t22-,23+,25+/m0/s1. The van der Waals surface area contributed by atoms with E-state index in [1.807, 2.05) is 38.1 Å². The second kappa shape index (κ2) is 10.4. The number of allylic oxidation sites excluding steroid dienone is 2. The molecule has 2 aliphatic heterocycles. The molecule has 0 spiro atoms. The molecule has 0 saturated carbocycles. The van der Waals surface area contributed by atoms with Crippen LogP contribution in [0.4, 0.5) is 0 Å². The fraction of sp³-hybridized carbons (Fsp3) is 0.400. The van der Waals surface area contributed by atoms with Crippen molar-refractivity contribution in [2.24, 2.45) is 22.7 Å². The first-order valence-corrected chi connectivity index (χ1v) is 13.3. The van der Waals surface area contributed by atoms with Crippen LogP contribution in [0.3, 0.4) is 0 Å². The van der Waals surface area contributed by atoms with Gasteiger partial charge in [0, 0.05) is 29.6 Å². The number of carbonyl (C=O) groups is 3. The fourth-order valence-corrected chi connectivity index (χ4v) is 5.80. The number of amides is 3. The molecule has 8 nitrogen and oxygen atoms in total. The van der Waals surface area contributed by atoms with E-state index in [9.17, 15) is 14.4 Å². The number of methoxy groups -OCH3 is 1. The van der Waals surface area contributed by atoms with E-state index in [4.69, 9.17) is 15.6 Å². The van der Waals surface area contributed by atoms with Crippen molar-refractivity contribution < 1.29 is 19.1 Å². The number of nitrogens with zero attached hydrogens (tertiary/aromatic N) is 3. The van der Waals surface area contributed by atoms with Gasteiger partial charge in [-0.15, -0.1) is 0 Å². The molecule has 2 heterocycles. The average molecular weight is 515 g/mol. The molecule has 0 unspecified atom stereocenters. The summed E-state index contributed by atoms with van der Waals surface area (Å²) in [5, 5.41) is 6.47. The van der Waals surface area contributed by atoms with Gasteiger partial charge in [-0.3, -0.25) is 14.4 Å². The number of carbonyl (C=O) groups excluding carboxylic acids is 3. The molecule has 8 heteroatoms. The van der Waals surface area contributed by atoms with Crippen LogP contribution in [0, 0.1) is 11.8 Å². The van der Waals surface area contributed by atoms with Crippen LogP contribution in [-0.2, 0) is 9.59 Å². The van der Waals surface area contributed by atoms with E-state index in [-0.39, 0.29) is 29.7 Å². The Morgan fingerprint density at radius 3 is 2.37 bits per heavy atom. The first kappa shape index (κ1) is 25.7. The molecule has 2 aromatic carbocycles. The number of likely N-dealkylation sites (tertiary alicyclic amines) is 1. The Hall–Kier alpha value is -3.94. The highest BCUT2D eigenvalue weighted by Crippen LogP contribution is 2.38. The second-order valence-corrected chi connectivity index (χ2v) is 10.5. The molecule has 38 heavy (non-hydrogen) atoms. The smallest absolute Gasteiger partial charge is 0.254 e. The minimum atomic E-state index is -0.550. The van der Waals surface area contributed by atoms with Gasteiger partial charge in [0.25, 0.3) is 5.91 Å². The zero-order valence-electron chi connectivity index (χ0n) is 22.1. The van der Waals surface area contributed by atoms with E-state index in [1.54, 1.807) is 29.2 Å². The van der Waals surface area contributed by atoms with Crippen LogP contribution in [0.1, 0.15) is 55.5 Å². The maximum Gasteiger partial charge on any atom is 0.254 e. The zero-order valence-corrected chi connectivity index (χ0v) is 22.1. The molecule has 0 aromatic heterocycles. The van der Waals surface area contributed by atoms with Crippen LogP contribution in [0.2, 0.25) is 0 Å². The summed E-state index contributed by atoms with van der Waals surface area (Å²) < 4.78 is 5.68. The zero-order chi connectivity index (χ0) is 27.0. The van der Waals surface area contributed by atoms with E-state index >= 15 is 0 Å². The molecule has 0 radical (unpaired) electrons. The van der Waals surface area contributed by atoms with Gasteiger partial charge in [0.2, 0.25) is 11.8 Å². The quantitative estimate of drug-likeness (QED) is 0.589. The number of hydrazone groups is 1. The van der Waals surface area contributed by atoms with Gasteiger partial charge in [0.05, 0.1) is 18.7 Å². The van der Waals surface area contributed by atoms with Crippen LogP contribution >= 0.6 is 0 Å². The molecule has 0 bridgehead atoms. The highest BCUT2D eigenvalue weighted by atomic mass is 16.5. The number of ether oxygens (including phenoxy) is 1. The van der Waals surface area contributed by atoms with Crippen molar-refractivity contribution >= 4 is 23.4 Å². The van der Waals surface area contributed by atoms with Crippen molar-refractivity contribution in [3.8, 4) is 16.9 Å². The SMILES string of the molecule is COc1ccc(C2=NN(C(C)C)C(=O)[C@@H]3CC=CC[C@H]23)cc1-c1ccc(C(=O)N2CCC[C@@H]2C(N)=O)cc1. The van der Waals surface area contributed by atoms with Gasteiger partial charge in [0.1, 0.15) is 11.8 Å². The summed E-state index contributed by atoms with van der Waals surface area (Å²) in [7, 11) is 1.63. The van der Waals surface area contributed by atoms with Crippen LogP contribution < -0.4 is 10.5 Å². The first-order valence-electron chi connectivity index (χ1n) is 13.3. The van der Waals surface area contributed by atoms with E-state index in [0.29, 0.717) is 24.3 Å². The first-order chi connectivity index (χ1) is 18.3. The van der Waals surface area contributed by atoms with E-state index in [1.165, 1.54) is 0 Å². The molecule has 3 amide bonds. The molecule has 5 rings (SSSR count). The molecule has 2 N–H and O–H groups in total. The number of hydrogen-bond acceptors (Lipinski definition) is 5. The number of primary amides is 1. The Labute approximate surface area is 223 Å². The van der Waals surface area contributed by atoms with Crippen LogP contribution in [0.25, 0.3) is 11.1 Å².